The molecular weight excluding hydrogens is 290 g/mol. The van der Waals surface area contributed by atoms with Crippen molar-refractivity contribution in [2.45, 2.75) is 38.8 Å². The molecule has 7 nitrogen and oxygen atoms in total. The number of hydrogen-bond donors (Lipinski definition) is 1. The van der Waals surface area contributed by atoms with Crippen molar-refractivity contribution in [1.82, 2.24) is 19.5 Å². The molecule has 21 heavy (non-hydrogen) atoms. The van der Waals surface area contributed by atoms with Crippen molar-refractivity contribution in [3.05, 3.63) is 22.6 Å². The van der Waals surface area contributed by atoms with Gasteiger partial charge in [0.05, 0.1) is 6.04 Å². The van der Waals surface area contributed by atoms with E-state index in [9.17, 15) is 9.59 Å². The van der Waals surface area contributed by atoms with Crippen molar-refractivity contribution in [3.63, 3.8) is 0 Å². The minimum Gasteiger partial charge on any atom is -0.355 e. The molecule has 1 amide bonds. The maximum absolute atomic E-state index is 12.0. The molecule has 112 valence electrons. The van der Waals surface area contributed by atoms with Crippen LogP contribution in [-0.2, 0) is 4.79 Å². The Bertz CT molecular complexity index is 745. The van der Waals surface area contributed by atoms with Gasteiger partial charge in [-0.15, -0.1) is 5.10 Å². The lowest BCUT2D eigenvalue weighted by molar-refractivity contribution is -0.131. The van der Waals surface area contributed by atoms with Crippen molar-refractivity contribution >= 4 is 27.3 Å². The Balaban J connectivity index is 1.79. The molecule has 1 N–H and O–H groups in total. The largest absolute Gasteiger partial charge is 0.355 e. The fourth-order valence-electron chi connectivity index (χ4n) is 2.43. The predicted molar refractivity (Wildman–Crippen MR) is 80.6 cm³/mol. The Morgan fingerprint density at radius 1 is 1.38 bits per heavy atom. The number of likely N-dealkylation sites (tertiary alicyclic amines) is 1. The summed E-state index contributed by atoms with van der Waals surface area (Å²) in [6, 6.07) is 1.38. The van der Waals surface area contributed by atoms with Gasteiger partial charge in [0, 0.05) is 30.8 Å². The average molecular weight is 307 g/mol. The van der Waals surface area contributed by atoms with E-state index in [0.29, 0.717) is 23.1 Å². The van der Waals surface area contributed by atoms with Gasteiger partial charge in [-0.2, -0.15) is 4.52 Å². The van der Waals surface area contributed by atoms with E-state index < -0.39 is 0 Å². The van der Waals surface area contributed by atoms with Crippen molar-refractivity contribution in [2.24, 2.45) is 0 Å². The van der Waals surface area contributed by atoms with Crippen LogP contribution in [-0.4, -0.2) is 43.5 Å². The molecule has 0 saturated carbocycles. The Kier molecular flexibility index (Phi) is 3.20. The lowest BCUT2D eigenvalue weighted by atomic mass is 10.1. The summed E-state index contributed by atoms with van der Waals surface area (Å²) in [5.74, 6) is 0.136. The number of rotatable bonds is 2. The smallest absolute Gasteiger partial charge is 0.275 e. The molecule has 2 aromatic heterocycles. The SMILES string of the molecule is CC(C)(C)N1CC(Nc2nn3c(=O)ccnc3s2)CC1=O. The number of amides is 1. The van der Waals surface area contributed by atoms with E-state index in [4.69, 9.17) is 0 Å². The second kappa shape index (κ2) is 4.80. The number of anilines is 1. The first kappa shape index (κ1) is 14.0. The van der Waals surface area contributed by atoms with Gasteiger partial charge in [-0.05, 0) is 20.8 Å². The highest BCUT2D eigenvalue weighted by Crippen LogP contribution is 2.25. The number of nitrogens with one attached hydrogen (secondary N) is 1. The van der Waals surface area contributed by atoms with Gasteiger partial charge in [-0.1, -0.05) is 11.3 Å². The molecule has 3 heterocycles. The maximum Gasteiger partial charge on any atom is 0.275 e. The summed E-state index contributed by atoms with van der Waals surface area (Å²) in [6.07, 6.45) is 1.91. The summed E-state index contributed by atoms with van der Waals surface area (Å²) in [6.45, 7) is 6.71. The molecule has 2 aromatic rings. The molecule has 0 aliphatic carbocycles. The summed E-state index contributed by atoms with van der Waals surface area (Å²) >= 11 is 1.31. The zero-order chi connectivity index (χ0) is 15.2. The van der Waals surface area contributed by atoms with E-state index in [1.54, 1.807) is 0 Å². The highest BCUT2D eigenvalue weighted by atomic mass is 32.1. The zero-order valence-electron chi connectivity index (χ0n) is 12.2. The zero-order valence-corrected chi connectivity index (χ0v) is 13.0. The van der Waals surface area contributed by atoms with Crippen molar-refractivity contribution in [2.75, 3.05) is 11.9 Å². The minimum atomic E-state index is -0.205. The van der Waals surface area contributed by atoms with E-state index in [0.717, 1.165) is 0 Å². The standard InChI is InChI=1S/C13H17N5O2S/c1-13(2,3)17-7-8(6-10(17)20)15-11-16-18-9(19)4-5-14-12(18)21-11/h4-5,8H,6-7H2,1-3H3,(H,15,16). The monoisotopic (exact) mass is 307 g/mol. The van der Waals surface area contributed by atoms with E-state index in [-0.39, 0.29) is 23.0 Å². The molecule has 1 fully saturated rings. The van der Waals surface area contributed by atoms with Crippen molar-refractivity contribution in [3.8, 4) is 0 Å². The number of carbonyl (C=O) groups excluding carboxylic acids is 1. The second-order valence-corrected chi connectivity index (χ2v) is 7.06. The lowest BCUT2D eigenvalue weighted by Gasteiger charge is -2.32. The molecular formula is C13H17N5O2S. The molecule has 1 atom stereocenters. The third kappa shape index (κ3) is 2.63. The Labute approximate surface area is 125 Å². The molecule has 0 spiro atoms. The first-order valence-electron chi connectivity index (χ1n) is 6.76. The van der Waals surface area contributed by atoms with Crippen LogP contribution in [0.15, 0.2) is 17.1 Å². The molecule has 8 heteroatoms. The van der Waals surface area contributed by atoms with Crippen LogP contribution in [0.25, 0.3) is 4.96 Å². The normalized spacial score (nSPS) is 19.5. The van der Waals surface area contributed by atoms with Crippen LogP contribution < -0.4 is 10.9 Å². The summed E-state index contributed by atoms with van der Waals surface area (Å²) in [5.41, 5.74) is -0.386. The first-order valence-corrected chi connectivity index (χ1v) is 7.58. The maximum atomic E-state index is 12.0. The van der Waals surface area contributed by atoms with E-state index in [1.807, 2.05) is 25.7 Å². The highest BCUT2D eigenvalue weighted by molar-refractivity contribution is 7.20. The molecule has 1 aliphatic rings. The Hall–Kier alpha value is -1.96. The summed E-state index contributed by atoms with van der Waals surface area (Å²) in [7, 11) is 0. The van der Waals surface area contributed by atoms with Crippen LogP contribution in [0.3, 0.4) is 0 Å². The third-order valence-electron chi connectivity index (χ3n) is 3.43. The van der Waals surface area contributed by atoms with Crippen LogP contribution in [0, 0.1) is 0 Å². The second-order valence-electron chi connectivity index (χ2n) is 6.11. The molecule has 1 unspecified atom stereocenters. The van der Waals surface area contributed by atoms with Gasteiger partial charge in [0.2, 0.25) is 16.0 Å². The van der Waals surface area contributed by atoms with Gasteiger partial charge in [0.1, 0.15) is 0 Å². The number of fused-ring (bicyclic) bond motifs is 1. The van der Waals surface area contributed by atoms with Crippen molar-refractivity contribution in [1.29, 1.82) is 0 Å². The lowest BCUT2D eigenvalue weighted by Crippen LogP contribution is -2.43. The van der Waals surface area contributed by atoms with E-state index in [2.05, 4.69) is 15.4 Å². The van der Waals surface area contributed by atoms with Gasteiger partial charge in [0.25, 0.3) is 5.56 Å². The van der Waals surface area contributed by atoms with Gasteiger partial charge >= 0.3 is 0 Å². The number of carbonyl (C=O) groups is 1. The topological polar surface area (TPSA) is 79.6 Å². The molecule has 3 rings (SSSR count). The molecule has 0 aromatic carbocycles. The predicted octanol–water partition coefficient (Wildman–Crippen LogP) is 0.962. The fraction of sp³-hybridized carbons (Fsp3) is 0.538. The van der Waals surface area contributed by atoms with Crippen LogP contribution in [0.5, 0.6) is 0 Å². The first-order chi connectivity index (χ1) is 9.84. The fourth-order valence-corrected chi connectivity index (χ4v) is 3.28. The van der Waals surface area contributed by atoms with Crippen LogP contribution in [0.4, 0.5) is 5.13 Å². The van der Waals surface area contributed by atoms with Gasteiger partial charge < -0.3 is 10.2 Å². The van der Waals surface area contributed by atoms with Crippen LogP contribution in [0.2, 0.25) is 0 Å². The average Bonchev–Trinajstić information content (AvgIpc) is 2.93. The van der Waals surface area contributed by atoms with Crippen LogP contribution >= 0.6 is 11.3 Å². The number of hydrogen-bond acceptors (Lipinski definition) is 6. The minimum absolute atomic E-state index is 0.00740. The van der Waals surface area contributed by atoms with Gasteiger partial charge in [0.15, 0.2) is 0 Å². The Morgan fingerprint density at radius 2 is 2.14 bits per heavy atom. The Morgan fingerprint density at radius 3 is 2.76 bits per heavy atom. The van der Waals surface area contributed by atoms with Gasteiger partial charge in [-0.25, -0.2) is 4.98 Å². The summed E-state index contributed by atoms with van der Waals surface area (Å²) in [5, 5.41) is 8.05. The molecule has 1 saturated heterocycles. The summed E-state index contributed by atoms with van der Waals surface area (Å²) < 4.78 is 1.27. The number of nitrogens with zero attached hydrogens (tertiary/aromatic N) is 4. The third-order valence-corrected chi connectivity index (χ3v) is 4.29. The quantitative estimate of drug-likeness (QED) is 0.894. The van der Waals surface area contributed by atoms with Gasteiger partial charge in [-0.3, -0.25) is 9.59 Å². The summed E-state index contributed by atoms with van der Waals surface area (Å²) in [4.78, 5) is 30.2. The molecule has 0 bridgehead atoms. The van der Waals surface area contributed by atoms with Crippen molar-refractivity contribution < 1.29 is 4.79 Å². The van der Waals surface area contributed by atoms with Crippen LogP contribution in [0.1, 0.15) is 27.2 Å². The van der Waals surface area contributed by atoms with E-state index in [1.165, 1.54) is 28.1 Å². The number of aromatic nitrogens is 3. The van der Waals surface area contributed by atoms with E-state index >= 15 is 0 Å². The highest BCUT2D eigenvalue weighted by Gasteiger charge is 2.36. The molecule has 1 aliphatic heterocycles. The molecule has 0 radical (unpaired) electrons.